The summed E-state index contributed by atoms with van der Waals surface area (Å²) in [4.78, 5) is 12.6. The summed E-state index contributed by atoms with van der Waals surface area (Å²) < 4.78 is 1.54. The molecule has 0 unspecified atom stereocenters. The second-order valence-corrected chi connectivity index (χ2v) is 11.0. The van der Waals surface area contributed by atoms with Gasteiger partial charge in [0.25, 0.3) is 0 Å². The van der Waals surface area contributed by atoms with Gasteiger partial charge in [0.2, 0.25) is 11.1 Å². The lowest BCUT2D eigenvalue weighted by molar-refractivity contribution is -0.113. The van der Waals surface area contributed by atoms with Crippen LogP contribution in [0.4, 0.5) is 5.69 Å². The molecule has 1 heterocycles. The van der Waals surface area contributed by atoms with Crippen LogP contribution in [0.5, 0.6) is 0 Å². The fourth-order valence-corrected chi connectivity index (χ4v) is 3.91. The SMILES string of the molecule is CC(C)(N)C#Cc1ccc(NC(=O)CSc2nnnn2-c2cc(C(C)(C)C)ccc2Cl)c(Cl)c1. The van der Waals surface area contributed by atoms with Crippen molar-refractivity contribution in [3.05, 3.63) is 57.6 Å². The van der Waals surface area contributed by atoms with E-state index in [1.807, 2.05) is 32.0 Å². The molecule has 3 N–H and O–H groups in total. The molecule has 0 bridgehead atoms. The van der Waals surface area contributed by atoms with Crippen LogP contribution in [0.2, 0.25) is 10.0 Å². The molecule has 3 aromatic rings. The van der Waals surface area contributed by atoms with Crippen LogP contribution >= 0.6 is 35.0 Å². The number of hydrogen-bond acceptors (Lipinski definition) is 6. The number of amides is 1. The van der Waals surface area contributed by atoms with Crippen LogP contribution in [0.15, 0.2) is 41.6 Å². The molecule has 1 amide bonds. The summed E-state index contributed by atoms with van der Waals surface area (Å²) in [5, 5.41) is 16.0. The first kappa shape index (κ1) is 26.0. The Kier molecular flexibility index (Phi) is 7.94. The van der Waals surface area contributed by atoms with Crippen LogP contribution in [-0.4, -0.2) is 37.4 Å². The molecule has 7 nitrogen and oxygen atoms in total. The van der Waals surface area contributed by atoms with E-state index in [1.165, 1.54) is 16.4 Å². The largest absolute Gasteiger partial charge is 0.324 e. The van der Waals surface area contributed by atoms with Crippen molar-refractivity contribution in [1.82, 2.24) is 20.2 Å². The lowest BCUT2D eigenvalue weighted by Crippen LogP contribution is -2.29. The molecule has 0 radical (unpaired) electrons. The minimum absolute atomic E-state index is 0.0680. The number of nitrogens with two attached hydrogens (primary N) is 1. The van der Waals surface area contributed by atoms with E-state index in [1.54, 1.807) is 18.2 Å². The Bertz CT molecular complexity index is 1260. The quantitative estimate of drug-likeness (QED) is 0.362. The Hall–Kier alpha value is -2.57. The molecule has 0 fully saturated rings. The molecule has 10 heteroatoms. The molecular weight excluding hydrogens is 491 g/mol. The average Bonchev–Trinajstić information content (AvgIpc) is 3.20. The lowest BCUT2D eigenvalue weighted by atomic mass is 9.87. The predicted molar refractivity (Wildman–Crippen MR) is 139 cm³/mol. The third-order valence-electron chi connectivity index (χ3n) is 4.59. The second kappa shape index (κ2) is 10.4. The van der Waals surface area contributed by atoms with E-state index >= 15 is 0 Å². The highest BCUT2D eigenvalue weighted by atomic mass is 35.5. The van der Waals surface area contributed by atoms with Gasteiger partial charge in [-0.05, 0) is 65.6 Å². The summed E-state index contributed by atoms with van der Waals surface area (Å²) in [5.74, 6) is 5.75. The first-order chi connectivity index (χ1) is 15.8. The molecule has 1 aromatic heterocycles. The first-order valence-electron chi connectivity index (χ1n) is 10.5. The van der Waals surface area contributed by atoms with Crippen molar-refractivity contribution in [2.24, 2.45) is 5.73 Å². The van der Waals surface area contributed by atoms with Gasteiger partial charge < -0.3 is 11.1 Å². The Morgan fingerprint density at radius 1 is 1.12 bits per heavy atom. The second-order valence-electron chi connectivity index (χ2n) is 9.29. The topological polar surface area (TPSA) is 98.7 Å². The van der Waals surface area contributed by atoms with E-state index < -0.39 is 5.54 Å². The van der Waals surface area contributed by atoms with Gasteiger partial charge in [-0.15, -0.1) is 5.10 Å². The summed E-state index contributed by atoms with van der Waals surface area (Å²) >= 11 is 13.9. The van der Waals surface area contributed by atoms with Gasteiger partial charge in [-0.25, -0.2) is 0 Å². The van der Waals surface area contributed by atoms with E-state index in [4.69, 9.17) is 28.9 Å². The van der Waals surface area contributed by atoms with Gasteiger partial charge in [0.1, 0.15) is 0 Å². The number of nitrogens with zero attached hydrogens (tertiary/aromatic N) is 4. The maximum atomic E-state index is 12.6. The fraction of sp³-hybridized carbons (Fsp3) is 0.333. The molecule has 2 aromatic carbocycles. The van der Waals surface area contributed by atoms with E-state index in [9.17, 15) is 4.79 Å². The molecule has 34 heavy (non-hydrogen) atoms. The highest BCUT2D eigenvalue weighted by Gasteiger charge is 2.19. The van der Waals surface area contributed by atoms with Crippen molar-refractivity contribution in [1.29, 1.82) is 0 Å². The number of rotatable bonds is 5. The fourth-order valence-electron chi connectivity index (χ4n) is 2.81. The third-order valence-corrected chi connectivity index (χ3v) is 6.14. The zero-order valence-electron chi connectivity index (χ0n) is 19.6. The van der Waals surface area contributed by atoms with Crippen LogP contribution in [-0.2, 0) is 10.2 Å². The van der Waals surface area contributed by atoms with Crippen LogP contribution in [0.25, 0.3) is 5.69 Å². The number of carbonyl (C=O) groups excluding carboxylic acids is 1. The summed E-state index contributed by atoms with van der Waals surface area (Å²) in [6, 6.07) is 10.9. The maximum Gasteiger partial charge on any atom is 0.234 e. The van der Waals surface area contributed by atoms with E-state index in [0.717, 1.165) is 5.56 Å². The van der Waals surface area contributed by atoms with Crippen LogP contribution < -0.4 is 11.1 Å². The predicted octanol–water partition coefficient (Wildman–Crippen LogP) is 5.09. The summed E-state index contributed by atoms with van der Waals surface area (Å²) in [6.07, 6.45) is 0. The highest BCUT2D eigenvalue weighted by molar-refractivity contribution is 7.99. The number of anilines is 1. The smallest absolute Gasteiger partial charge is 0.234 e. The zero-order chi connectivity index (χ0) is 25.1. The average molecular weight is 517 g/mol. The van der Waals surface area contributed by atoms with Crippen molar-refractivity contribution in [3.63, 3.8) is 0 Å². The Morgan fingerprint density at radius 3 is 2.50 bits per heavy atom. The van der Waals surface area contributed by atoms with Gasteiger partial charge in [0, 0.05) is 5.56 Å². The number of carbonyl (C=O) groups is 1. The van der Waals surface area contributed by atoms with Gasteiger partial charge in [-0.1, -0.05) is 73.6 Å². The minimum Gasteiger partial charge on any atom is -0.324 e. The van der Waals surface area contributed by atoms with Gasteiger partial charge >= 0.3 is 0 Å². The lowest BCUT2D eigenvalue weighted by Gasteiger charge is -2.20. The van der Waals surface area contributed by atoms with Crippen molar-refractivity contribution < 1.29 is 4.79 Å². The van der Waals surface area contributed by atoms with Crippen LogP contribution in [0.1, 0.15) is 45.7 Å². The summed E-state index contributed by atoms with van der Waals surface area (Å²) in [5.41, 5.74) is 8.16. The molecule has 0 aliphatic rings. The normalized spacial score (nSPS) is 11.6. The third kappa shape index (κ3) is 6.97. The van der Waals surface area contributed by atoms with Crippen molar-refractivity contribution in [3.8, 4) is 17.5 Å². The molecule has 0 aliphatic carbocycles. The van der Waals surface area contributed by atoms with Crippen molar-refractivity contribution >= 4 is 46.6 Å². The molecule has 0 atom stereocenters. The molecule has 3 rings (SSSR count). The molecule has 0 aliphatic heterocycles. The number of tetrazole rings is 1. The monoisotopic (exact) mass is 516 g/mol. The van der Waals surface area contributed by atoms with Crippen molar-refractivity contribution in [2.45, 2.75) is 50.7 Å². The number of benzene rings is 2. The van der Waals surface area contributed by atoms with Crippen molar-refractivity contribution in [2.75, 3.05) is 11.1 Å². The Morgan fingerprint density at radius 2 is 1.85 bits per heavy atom. The van der Waals surface area contributed by atoms with E-state index in [-0.39, 0.29) is 17.1 Å². The molecule has 178 valence electrons. The summed E-state index contributed by atoms with van der Waals surface area (Å²) in [6.45, 7) is 9.98. The standard InChI is InChI=1S/C24H26Cl2N6OS/c1-23(2,3)16-7-8-17(25)20(13-16)32-22(29-30-31-32)34-14-21(33)28-19-9-6-15(12-18(19)26)10-11-24(4,5)27/h6-9,12-13H,14,27H2,1-5H3,(H,28,33). The van der Waals surface area contributed by atoms with Gasteiger partial charge in [-0.2, -0.15) is 4.68 Å². The van der Waals surface area contributed by atoms with Gasteiger partial charge in [0.15, 0.2) is 0 Å². The summed E-state index contributed by atoms with van der Waals surface area (Å²) in [7, 11) is 0. The Labute approximate surface area is 213 Å². The molecule has 0 saturated heterocycles. The number of hydrogen-bond donors (Lipinski definition) is 2. The number of thioether (sulfide) groups is 1. The van der Waals surface area contributed by atoms with Gasteiger partial charge in [-0.3, -0.25) is 4.79 Å². The first-order valence-corrected chi connectivity index (χ1v) is 12.2. The highest BCUT2D eigenvalue weighted by Crippen LogP contribution is 2.30. The van der Waals surface area contributed by atoms with Crippen LogP contribution in [0.3, 0.4) is 0 Å². The van der Waals surface area contributed by atoms with E-state index in [2.05, 4.69) is 53.5 Å². The number of aromatic nitrogens is 4. The number of halogens is 2. The van der Waals surface area contributed by atoms with Gasteiger partial charge in [0.05, 0.1) is 32.7 Å². The molecular formula is C24H26Cl2N6OS. The molecule has 0 spiro atoms. The zero-order valence-corrected chi connectivity index (χ0v) is 21.9. The Balaban J connectivity index is 1.70. The van der Waals surface area contributed by atoms with Crippen LogP contribution in [0, 0.1) is 11.8 Å². The maximum absolute atomic E-state index is 12.6. The minimum atomic E-state index is -0.607. The number of nitrogens with one attached hydrogen (secondary N) is 1. The van der Waals surface area contributed by atoms with E-state index in [0.29, 0.717) is 32.1 Å². The molecule has 0 saturated carbocycles.